The largest absolute Gasteiger partial charge is 0.481 e. The zero-order valence-electron chi connectivity index (χ0n) is 9.20. The lowest BCUT2D eigenvalue weighted by atomic mass is 9.96. The lowest BCUT2D eigenvalue weighted by Gasteiger charge is -2.38. The van der Waals surface area contributed by atoms with Crippen molar-refractivity contribution in [2.45, 2.75) is 13.0 Å². The summed E-state index contributed by atoms with van der Waals surface area (Å²) in [6, 6.07) is 5.58. The van der Waals surface area contributed by atoms with Crippen molar-refractivity contribution in [3.05, 3.63) is 33.8 Å². The number of hydrogen-bond donors (Lipinski definition) is 1. The molecule has 17 heavy (non-hydrogen) atoms. The van der Waals surface area contributed by atoms with Gasteiger partial charge in [0.05, 0.1) is 16.5 Å². The molecule has 1 aromatic rings. The van der Waals surface area contributed by atoms with Gasteiger partial charge in [-0.2, -0.15) is 0 Å². The number of carbonyl (C=O) groups is 1. The van der Waals surface area contributed by atoms with Crippen LogP contribution in [-0.2, 0) is 11.3 Å². The molecule has 0 aliphatic carbocycles. The second-order valence-electron chi connectivity index (χ2n) is 4.41. The minimum absolute atomic E-state index is 0.262. The molecular formula is C12H13Cl2NO2. The standard InChI is InChI=1S/C12H13Cl2NO2/c13-10-2-1-8(3-11(10)14)5-15-6-9(7-15)4-12(16)17/h1-3,9H,4-7H2,(H,16,17). The van der Waals surface area contributed by atoms with Crippen molar-refractivity contribution in [1.82, 2.24) is 4.90 Å². The molecule has 0 bridgehead atoms. The number of rotatable bonds is 4. The van der Waals surface area contributed by atoms with Crippen molar-refractivity contribution in [3.8, 4) is 0 Å². The van der Waals surface area contributed by atoms with E-state index in [4.69, 9.17) is 28.3 Å². The van der Waals surface area contributed by atoms with Gasteiger partial charge in [-0.1, -0.05) is 29.3 Å². The molecule has 0 unspecified atom stereocenters. The summed E-state index contributed by atoms with van der Waals surface area (Å²) in [6.45, 7) is 2.48. The number of halogens is 2. The van der Waals surface area contributed by atoms with E-state index in [9.17, 15) is 4.79 Å². The van der Waals surface area contributed by atoms with Gasteiger partial charge in [-0.05, 0) is 23.6 Å². The number of aliphatic carboxylic acids is 1. The van der Waals surface area contributed by atoms with Gasteiger partial charge in [-0.15, -0.1) is 0 Å². The highest BCUT2D eigenvalue weighted by molar-refractivity contribution is 6.42. The molecule has 0 radical (unpaired) electrons. The maximum Gasteiger partial charge on any atom is 0.303 e. The van der Waals surface area contributed by atoms with Gasteiger partial charge >= 0.3 is 5.97 Å². The Morgan fingerprint density at radius 3 is 2.65 bits per heavy atom. The Balaban J connectivity index is 1.83. The van der Waals surface area contributed by atoms with Gasteiger partial charge < -0.3 is 5.11 Å². The van der Waals surface area contributed by atoms with E-state index in [-0.39, 0.29) is 12.3 Å². The summed E-state index contributed by atoms with van der Waals surface area (Å²) in [4.78, 5) is 12.7. The molecule has 1 saturated heterocycles. The van der Waals surface area contributed by atoms with E-state index in [0.29, 0.717) is 10.0 Å². The van der Waals surface area contributed by atoms with E-state index in [1.54, 1.807) is 6.07 Å². The molecule has 92 valence electrons. The number of benzene rings is 1. The van der Waals surface area contributed by atoms with E-state index < -0.39 is 5.97 Å². The Bertz CT molecular complexity index is 431. The highest BCUT2D eigenvalue weighted by atomic mass is 35.5. The van der Waals surface area contributed by atoms with Crippen LogP contribution in [0.4, 0.5) is 0 Å². The molecule has 0 atom stereocenters. The Morgan fingerprint density at radius 1 is 1.35 bits per heavy atom. The first kappa shape index (κ1) is 12.7. The summed E-state index contributed by atoms with van der Waals surface area (Å²) < 4.78 is 0. The van der Waals surface area contributed by atoms with E-state index in [1.807, 2.05) is 12.1 Å². The van der Waals surface area contributed by atoms with Crippen LogP contribution >= 0.6 is 23.2 Å². The molecule has 0 saturated carbocycles. The van der Waals surface area contributed by atoms with Gasteiger partial charge in [-0.25, -0.2) is 0 Å². The lowest BCUT2D eigenvalue weighted by molar-refractivity contribution is -0.139. The molecule has 1 aliphatic heterocycles. The van der Waals surface area contributed by atoms with Gasteiger partial charge in [-0.3, -0.25) is 9.69 Å². The highest BCUT2D eigenvalue weighted by Crippen LogP contribution is 2.26. The van der Waals surface area contributed by atoms with E-state index >= 15 is 0 Å². The molecule has 0 amide bonds. The fourth-order valence-corrected chi connectivity index (χ4v) is 2.40. The minimum Gasteiger partial charge on any atom is -0.481 e. The van der Waals surface area contributed by atoms with Crippen LogP contribution in [0, 0.1) is 5.92 Å². The molecule has 1 aromatic carbocycles. The van der Waals surface area contributed by atoms with Crippen LogP contribution in [0.5, 0.6) is 0 Å². The Morgan fingerprint density at radius 2 is 2.06 bits per heavy atom. The smallest absolute Gasteiger partial charge is 0.303 e. The van der Waals surface area contributed by atoms with Crippen molar-refractivity contribution in [3.63, 3.8) is 0 Å². The second-order valence-corrected chi connectivity index (χ2v) is 5.22. The quantitative estimate of drug-likeness (QED) is 0.917. The maximum atomic E-state index is 10.5. The monoisotopic (exact) mass is 273 g/mol. The van der Waals surface area contributed by atoms with Crippen LogP contribution in [0.3, 0.4) is 0 Å². The lowest BCUT2D eigenvalue weighted by Crippen LogP contribution is -2.46. The third-order valence-corrected chi connectivity index (χ3v) is 3.63. The molecule has 1 aliphatic rings. The van der Waals surface area contributed by atoms with Gasteiger partial charge in [0.15, 0.2) is 0 Å². The number of hydrogen-bond acceptors (Lipinski definition) is 2. The summed E-state index contributed by atoms with van der Waals surface area (Å²) in [6.07, 6.45) is 0.262. The first-order chi connectivity index (χ1) is 8.04. The molecule has 0 spiro atoms. The van der Waals surface area contributed by atoms with Gasteiger partial charge in [0, 0.05) is 19.6 Å². The molecule has 3 nitrogen and oxygen atoms in total. The summed E-state index contributed by atoms with van der Waals surface area (Å²) in [5.74, 6) is -0.431. The SMILES string of the molecule is O=C(O)CC1CN(Cc2ccc(Cl)c(Cl)c2)C1. The number of carboxylic acids is 1. The Labute approximate surface area is 110 Å². The predicted molar refractivity (Wildman–Crippen MR) is 67.5 cm³/mol. The summed E-state index contributed by atoms with van der Waals surface area (Å²) >= 11 is 11.8. The molecular weight excluding hydrogens is 261 g/mol. The molecule has 0 aromatic heterocycles. The molecule has 2 rings (SSSR count). The van der Waals surface area contributed by atoms with Crippen LogP contribution in [0.25, 0.3) is 0 Å². The minimum atomic E-state index is -0.718. The number of carboxylic acid groups (broad SMARTS) is 1. The topological polar surface area (TPSA) is 40.5 Å². The number of likely N-dealkylation sites (tertiary alicyclic amines) is 1. The summed E-state index contributed by atoms with van der Waals surface area (Å²) in [7, 11) is 0. The summed E-state index contributed by atoms with van der Waals surface area (Å²) in [5, 5.41) is 9.76. The van der Waals surface area contributed by atoms with Crippen molar-refractivity contribution >= 4 is 29.2 Å². The fourth-order valence-electron chi connectivity index (χ4n) is 2.08. The fraction of sp³-hybridized carbons (Fsp3) is 0.417. The zero-order chi connectivity index (χ0) is 12.4. The predicted octanol–water partition coefficient (Wildman–Crippen LogP) is 2.90. The van der Waals surface area contributed by atoms with Gasteiger partial charge in [0.1, 0.15) is 0 Å². The van der Waals surface area contributed by atoms with Crippen LogP contribution in [0.15, 0.2) is 18.2 Å². The van der Waals surface area contributed by atoms with E-state index in [0.717, 1.165) is 25.2 Å². The van der Waals surface area contributed by atoms with Crippen molar-refractivity contribution in [1.29, 1.82) is 0 Å². The van der Waals surface area contributed by atoms with Crippen molar-refractivity contribution in [2.75, 3.05) is 13.1 Å². The van der Waals surface area contributed by atoms with Crippen LogP contribution in [-0.4, -0.2) is 29.1 Å². The second kappa shape index (κ2) is 5.25. The maximum absolute atomic E-state index is 10.5. The molecule has 1 heterocycles. The molecule has 5 heteroatoms. The highest BCUT2D eigenvalue weighted by Gasteiger charge is 2.28. The first-order valence-corrected chi connectivity index (χ1v) is 6.18. The van der Waals surface area contributed by atoms with E-state index in [1.165, 1.54) is 0 Å². The summed E-state index contributed by atoms with van der Waals surface area (Å²) in [5.41, 5.74) is 1.10. The first-order valence-electron chi connectivity index (χ1n) is 5.42. The van der Waals surface area contributed by atoms with Gasteiger partial charge in [0.25, 0.3) is 0 Å². The van der Waals surface area contributed by atoms with Crippen LogP contribution in [0.2, 0.25) is 10.0 Å². The molecule has 1 N–H and O–H groups in total. The van der Waals surface area contributed by atoms with Crippen LogP contribution < -0.4 is 0 Å². The average Bonchev–Trinajstić information content (AvgIpc) is 2.19. The molecule has 1 fully saturated rings. The van der Waals surface area contributed by atoms with Crippen LogP contribution in [0.1, 0.15) is 12.0 Å². The zero-order valence-corrected chi connectivity index (χ0v) is 10.7. The Kier molecular flexibility index (Phi) is 3.92. The van der Waals surface area contributed by atoms with Gasteiger partial charge in [0.2, 0.25) is 0 Å². The third kappa shape index (κ3) is 3.35. The Hall–Kier alpha value is -0.770. The number of nitrogens with zero attached hydrogens (tertiary/aromatic N) is 1. The average molecular weight is 274 g/mol. The third-order valence-electron chi connectivity index (χ3n) is 2.89. The van der Waals surface area contributed by atoms with Crippen molar-refractivity contribution < 1.29 is 9.90 Å². The van der Waals surface area contributed by atoms with Crippen molar-refractivity contribution in [2.24, 2.45) is 5.92 Å². The normalized spacial score (nSPS) is 16.8. The van der Waals surface area contributed by atoms with E-state index in [2.05, 4.69) is 4.90 Å².